The molecule has 1 fully saturated rings. The van der Waals surface area contributed by atoms with Gasteiger partial charge in [0.25, 0.3) is 0 Å². The van der Waals surface area contributed by atoms with E-state index in [1.54, 1.807) is 0 Å². The molecule has 0 aliphatic heterocycles. The predicted molar refractivity (Wildman–Crippen MR) is 72.3 cm³/mol. The number of pyridine rings is 1. The maximum atomic E-state index is 4.41. The molecule has 0 atom stereocenters. The summed E-state index contributed by atoms with van der Waals surface area (Å²) in [7, 11) is 2.19. The third-order valence-corrected chi connectivity index (χ3v) is 3.52. The van der Waals surface area contributed by atoms with Crippen LogP contribution in [0.5, 0.6) is 0 Å². The molecule has 1 aromatic heterocycles. The molecule has 0 spiro atoms. The largest absolute Gasteiger partial charge is 0.372 e. The highest BCUT2D eigenvalue weighted by molar-refractivity contribution is 5.47. The van der Waals surface area contributed by atoms with Gasteiger partial charge in [0.15, 0.2) is 0 Å². The van der Waals surface area contributed by atoms with Crippen LogP contribution >= 0.6 is 0 Å². The van der Waals surface area contributed by atoms with Gasteiger partial charge in [0.2, 0.25) is 0 Å². The molecule has 1 aliphatic carbocycles. The fraction of sp³-hybridized carbons (Fsp3) is 0.643. The van der Waals surface area contributed by atoms with Crippen LogP contribution in [-0.4, -0.2) is 24.1 Å². The van der Waals surface area contributed by atoms with Gasteiger partial charge < -0.3 is 10.2 Å². The van der Waals surface area contributed by atoms with E-state index in [1.807, 2.05) is 6.20 Å². The summed E-state index contributed by atoms with van der Waals surface area (Å²) in [6.07, 6.45) is 5.96. The first kappa shape index (κ1) is 12.4. The second-order valence-corrected chi connectivity index (χ2v) is 5.24. The summed E-state index contributed by atoms with van der Waals surface area (Å²) in [5.74, 6) is 0. The number of hydrogen-bond donors (Lipinski definition) is 1. The van der Waals surface area contributed by atoms with Crippen molar-refractivity contribution in [1.82, 2.24) is 10.3 Å². The molecule has 0 unspecified atom stereocenters. The van der Waals surface area contributed by atoms with Crippen molar-refractivity contribution < 1.29 is 0 Å². The Morgan fingerprint density at radius 2 is 2.24 bits per heavy atom. The summed E-state index contributed by atoms with van der Waals surface area (Å²) in [6, 6.07) is 5.55. The fourth-order valence-corrected chi connectivity index (χ4v) is 2.08. The van der Waals surface area contributed by atoms with Gasteiger partial charge in [0, 0.05) is 37.6 Å². The molecule has 1 N–H and O–H groups in total. The van der Waals surface area contributed by atoms with Crippen LogP contribution in [0.3, 0.4) is 0 Å². The van der Waals surface area contributed by atoms with E-state index in [9.17, 15) is 0 Å². The number of hydrogen-bond acceptors (Lipinski definition) is 3. The smallest absolute Gasteiger partial charge is 0.0562 e. The molecule has 1 aliphatic rings. The first-order valence-electron chi connectivity index (χ1n) is 6.58. The van der Waals surface area contributed by atoms with Crippen molar-refractivity contribution in [2.24, 2.45) is 0 Å². The molecule has 94 valence electrons. The first-order valence-corrected chi connectivity index (χ1v) is 6.58. The fourth-order valence-electron chi connectivity index (χ4n) is 2.08. The molecule has 0 bridgehead atoms. The van der Waals surface area contributed by atoms with Crippen LogP contribution in [0.4, 0.5) is 5.69 Å². The van der Waals surface area contributed by atoms with E-state index in [0.717, 1.165) is 18.3 Å². The predicted octanol–water partition coefficient (Wildman–Crippen LogP) is 2.57. The molecular formula is C14H23N3. The number of aromatic nitrogens is 1. The first-order chi connectivity index (χ1) is 8.16. The second-order valence-electron chi connectivity index (χ2n) is 5.24. The number of nitrogens with one attached hydrogen (secondary N) is 1. The van der Waals surface area contributed by atoms with Gasteiger partial charge in [0.1, 0.15) is 0 Å². The monoisotopic (exact) mass is 233 g/mol. The average Bonchev–Trinajstić information content (AvgIpc) is 2.24. The van der Waals surface area contributed by atoms with Crippen LogP contribution < -0.4 is 10.2 Å². The molecule has 17 heavy (non-hydrogen) atoms. The van der Waals surface area contributed by atoms with Gasteiger partial charge in [-0.2, -0.15) is 0 Å². The van der Waals surface area contributed by atoms with Gasteiger partial charge in [0.05, 0.1) is 5.69 Å². The molecule has 0 saturated heterocycles. The van der Waals surface area contributed by atoms with Crippen molar-refractivity contribution in [3.05, 3.63) is 24.0 Å². The third kappa shape index (κ3) is 3.19. The molecule has 1 heterocycles. The molecule has 2 rings (SSSR count). The van der Waals surface area contributed by atoms with Crippen LogP contribution in [0.15, 0.2) is 18.3 Å². The Balaban J connectivity index is 2.00. The SMILES string of the molecule is CC(C)NCc1cc(N(C)C2CCC2)ccn1. The maximum absolute atomic E-state index is 4.41. The van der Waals surface area contributed by atoms with Crippen molar-refractivity contribution >= 4 is 5.69 Å². The highest BCUT2D eigenvalue weighted by Gasteiger charge is 2.22. The molecule has 3 heteroatoms. The van der Waals surface area contributed by atoms with E-state index in [2.05, 4.69) is 48.2 Å². The van der Waals surface area contributed by atoms with Gasteiger partial charge in [-0.1, -0.05) is 13.8 Å². The van der Waals surface area contributed by atoms with E-state index >= 15 is 0 Å². The standard InChI is InChI=1S/C14H23N3/c1-11(2)16-10-12-9-14(7-8-15-12)17(3)13-5-4-6-13/h7-9,11,13,16H,4-6,10H2,1-3H3. The van der Waals surface area contributed by atoms with Gasteiger partial charge in [-0.3, -0.25) is 4.98 Å². The lowest BCUT2D eigenvalue weighted by atomic mass is 9.91. The minimum absolute atomic E-state index is 0.504. The summed E-state index contributed by atoms with van der Waals surface area (Å²) < 4.78 is 0. The number of anilines is 1. The van der Waals surface area contributed by atoms with Crippen LogP contribution in [-0.2, 0) is 6.54 Å². The van der Waals surface area contributed by atoms with Gasteiger partial charge >= 0.3 is 0 Å². The summed E-state index contributed by atoms with van der Waals surface area (Å²) >= 11 is 0. The summed E-state index contributed by atoms with van der Waals surface area (Å²) in [6.45, 7) is 5.17. The van der Waals surface area contributed by atoms with Crippen LogP contribution in [0.1, 0.15) is 38.8 Å². The normalized spacial score (nSPS) is 16.0. The van der Waals surface area contributed by atoms with Gasteiger partial charge in [-0.05, 0) is 31.4 Å². The maximum Gasteiger partial charge on any atom is 0.0562 e. The summed E-state index contributed by atoms with van der Waals surface area (Å²) in [5.41, 5.74) is 2.42. The molecule has 1 saturated carbocycles. The Hall–Kier alpha value is -1.09. The van der Waals surface area contributed by atoms with Crippen LogP contribution in [0.2, 0.25) is 0 Å². The van der Waals surface area contributed by atoms with Crippen molar-refractivity contribution in [3.63, 3.8) is 0 Å². The summed E-state index contributed by atoms with van der Waals surface area (Å²) in [5, 5.41) is 3.40. The Kier molecular flexibility index (Phi) is 4.00. The van der Waals surface area contributed by atoms with Crippen LogP contribution in [0, 0.1) is 0 Å². The van der Waals surface area contributed by atoms with Gasteiger partial charge in [-0.25, -0.2) is 0 Å². The van der Waals surface area contributed by atoms with E-state index in [1.165, 1.54) is 24.9 Å². The Bertz CT molecular complexity index is 358. The van der Waals surface area contributed by atoms with E-state index in [4.69, 9.17) is 0 Å². The molecular weight excluding hydrogens is 210 g/mol. The van der Waals surface area contributed by atoms with Crippen molar-refractivity contribution in [1.29, 1.82) is 0 Å². The van der Waals surface area contributed by atoms with Crippen molar-refractivity contribution in [3.8, 4) is 0 Å². The minimum atomic E-state index is 0.504. The van der Waals surface area contributed by atoms with Crippen molar-refractivity contribution in [2.45, 2.75) is 51.7 Å². The minimum Gasteiger partial charge on any atom is -0.372 e. The Labute approximate surface area is 104 Å². The second kappa shape index (κ2) is 5.50. The lowest BCUT2D eigenvalue weighted by Crippen LogP contribution is -2.37. The zero-order valence-electron chi connectivity index (χ0n) is 11.1. The quantitative estimate of drug-likeness (QED) is 0.847. The molecule has 0 amide bonds. The van der Waals surface area contributed by atoms with Crippen LogP contribution in [0.25, 0.3) is 0 Å². The third-order valence-electron chi connectivity index (χ3n) is 3.52. The topological polar surface area (TPSA) is 28.2 Å². The molecule has 0 aromatic carbocycles. The molecule has 1 aromatic rings. The zero-order chi connectivity index (χ0) is 12.3. The number of nitrogens with zero attached hydrogens (tertiary/aromatic N) is 2. The average molecular weight is 233 g/mol. The Morgan fingerprint density at radius 1 is 1.47 bits per heavy atom. The highest BCUT2D eigenvalue weighted by atomic mass is 15.1. The Morgan fingerprint density at radius 3 is 2.82 bits per heavy atom. The van der Waals surface area contributed by atoms with Gasteiger partial charge in [-0.15, -0.1) is 0 Å². The van der Waals surface area contributed by atoms with E-state index < -0.39 is 0 Å². The number of rotatable bonds is 5. The zero-order valence-corrected chi connectivity index (χ0v) is 11.1. The summed E-state index contributed by atoms with van der Waals surface area (Å²) in [4.78, 5) is 6.80. The van der Waals surface area contributed by atoms with E-state index in [0.29, 0.717) is 6.04 Å². The highest BCUT2D eigenvalue weighted by Crippen LogP contribution is 2.28. The van der Waals surface area contributed by atoms with Crippen molar-refractivity contribution in [2.75, 3.05) is 11.9 Å². The lowest BCUT2D eigenvalue weighted by molar-refractivity contribution is 0.401. The molecule has 3 nitrogen and oxygen atoms in total. The lowest BCUT2D eigenvalue weighted by Gasteiger charge is -2.36. The van der Waals surface area contributed by atoms with E-state index in [-0.39, 0.29) is 0 Å². The molecule has 0 radical (unpaired) electrons.